The largest absolute Gasteiger partial charge is 0.491 e. The summed E-state index contributed by atoms with van der Waals surface area (Å²) in [6.45, 7) is 4.17. The number of hydrogen-bond acceptors (Lipinski definition) is 5. The van der Waals surface area contributed by atoms with Gasteiger partial charge in [0, 0.05) is 31.9 Å². The van der Waals surface area contributed by atoms with Crippen molar-refractivity contribution in [3.8, 4) is 5.75 Å². The number of nitrogens with zero attached hydrogens (tertiary/aromatic N) is 2. The molecule has 1 aliphatic rings. The maximum atomic E-state index is 12.4. The van der Waals surface area contributed by atoms with Gasteiger partial charge in [-0.1, -0.05) is 12.1 Å². The van der Waals surface area contributed by atoms with Crippen LogP contribution in [0.3, 0.4) is 0 Å². The molecule has 150 valence electrons. The van der Waals surface area contributed by atoms with Crippen LogP contribution in [-0.4, -0.2) is 48.2 Å². The van der Waals surface area contributed by atoms with Crippen molar-refractivity contribution >= 4 is 11.7 Å². The number of hydrogen-bond donors (Lipinski definition) is 2. The van der Waals surface area contributed by atoms with E-state index in [0.717, 1.165) is 49.4 Å². The lowest BCUT2D eigenvalue weighted by Crippen LogP contribution is -2.44. The number of halogens is 1. The van der Waals surface area contributed by atoms with Crippen LogP contribution in [0.25, 0.3) is 0 Å². The summed E-state index contributed by atoms with van der Waals surface area (Å²) in [5.41, 5.74) is 8.24. The fraction of sp³-hybridized carbons (Fsp3) is 0.429. The van der Waals surface area contributed by atoms with Crippen LogP contribution in [0.4, 0.5) is 10.2 Å². The van der Waals surface area contributed by atoms with E-state index in [2.05, 4.69) is 21.3 Å². The summed E-state index contributed by atoms with van der Waals surface area (Å²) in [5, 5.41) is 3.08. The number of benzene rings is 1. The standard InChI is InChI=1S/C21H27FN4O2/c1-15-2-3-16(12-19(15)28-11-8-22)14-26-9-6-18(7-10-26)25-21(27)17-4-5-20(23)24-13-17/h2-5,12-13,18H,6-11,14H2,1H3,(H2,23,24)(H,25,27). The summed E-state index contributed by atoms with van der Waals surface area (Å²) < 4.78 is 17.8. The molecule has 0 spiro atoms. The van der Waals surface area contributed by atoms with E-state index in [1.807, 2.05) is 19.1 Å². The van der Waals surface area contributed by atoms with E-state index >= 15 is 0 Å². The monoisotopic (exact) mass is 386 g/mol. The maximum absolute atomic E-state index is 12.4. The third kappa shape index (κ3) is 5.42. The highest BCUT2D eigenvalue weighted by molar-refractivity contribution is 5.94. The lowest BCUT2D eigenvalue weighted by Gasteiger charge is -2.32. The van der Waals surface area contributed by atoms with Crippen molar-refractivity contribution in [1.82, 2.24) is 15.2 Å². The molecule has 1 aromatic carbocycles. The number of rotatable bonds is 7. The van der Waals surface area contributed by atoms with Gasteiger partial charge in [0.15, 0.2) is 0 Å². The molecule has 0 saturated carbocycles. The van der Waals surface area contributed by atoms with Crippen molar-refractivity contribution in [2.24, 2.45) is 0 Å². The Kier molecular flexibility index (Phi) is 6.81. The number of nitrogens with two attached hydrogens (primary N) is 1. The van der Waals surface area contributed by atoms with Gasteiger partial charge in [0.2, 0.25) is 0 Å². The van der Waals surface area contributed by atoms with Crippen molar-refractivity contribution in [3.05, 3.63) is 53.2 Å². The number of likely N-dealkylation sites (tertiary alicyclic amines) is 1. The van der Waals surface area contributed by atoms with Gasteiger partial charge < -0.3 is 15.8 Å². The van der Waals surface area contributed by atoms with E-state index in [4.69, 9.17) is 10.5 Å². The zero-order valence-electron chi connectivity index (χ0n) is 16.2. The number of pyridine rings is 1. The summed E-state index contributed by atoms with van der Waals surface area (Å²) >= 11 is 0. The zero-order valence-corrected chi connectivity index (χ0v) is 16.2. The molecule has 28 heavy (non-hydrogen) atoms. The molecule has 0 unspecified atom stereocenters. The lowest BCUT2D eigenvalue weighted by molar-refractivity contribution is 0.0908. The van der Waals surface area contributed by atoms with Gasteiger partial charge in [-0.25, -0.2) is 9.37 Å². The number of alkyl halides is 1. The van der Waals surface area contributed by atoms with Crippen LogP contribution < -0.4 is 15.8 Å². The average molecular weight is 386 g/mol. The van der Waals surface area contributed by atoms with E-state index in [0.29, 0.717) is 11.4 Å². The summed E-state index contributed by atoms with van der Waals surface area (Å²) in [5.74, 6) is 1.03. The van der Waals surface area contributed by atoms with Crippen molar-refractivity contribution in [2.45, 2.75) is 32.4 Å². The topological polar surface area (TPSA) is 80.5 Å². The minimum atomic E-state index is -0.491. The van der Waals surface area contributed by atoms with Gasteiger partial charge in [0.25, 0.3) is 5.91 Å². The van der Waals surface area contributed by atoms with Gasteiger partial charge in [0.05, 0.1) is 5.56 Å². The first-order chi connectivity index (χ1) is 13.5. The number of nitrogens with one attached hydrogen (secondary N) is 1. The summed E-state index contributed by atoms with van der Waals surface area (Å²) in [4.78, 5) is 18.6. The molecular weight excluding hydrogens is 359 g/mol. The third-order valence-corrected chi connectivity index (χ3v) is 4.96. The number of carbonyl (C=O) groups excluding carboxylic acids is 1. The molecule has 2 heterocycles. The third-order valence-electron chi connectivity index (χ3n) is 4.96. The molecule has 3 N–H and O–H groups in total. The molecule has 1 amide bonds. The predicted molar refractivity (Wildman–Crippen MR) is 107 cm³/mol. The molecule has 3 rings (SSSR count). The Labute approximate surface area is 164 Å². The minimum Gasteiger partial charge on any atom is -0.491 e. The molecule has 0 atom stereocenters. The van der Waals surface area contributed by atoms with Gasteiger partial charge in [-0.15, -0.1) is 0 Å². The first-order valence-electron chi connectivity index (χ1n) is 9.58. The van der Waals surface area contributed by atoms with Crippen molar-refractivity contribution in [2.75, 3.05) is 32.1 Å². The fourth-order valence-electron chi connectivity index (χ4n) is 3.35. The number of ether oxygens (including phenoxy) is 1. The van der Waals surface area contributed by atoms with Crippen molar-refractivity contribution in [1.29, 1.82) is 0 Å². The SMILES string of the molecule is Cc1ccc(CN2CCC(NC(=O)c3ccc(N)nc3)CC2)cc1OCCF. The molecule has 6 nitrogen and oxygen atoms in total. The molecular formula is C21H27FN4O2. The van der Waals surface area contributed by atoms with E-state index in [1.165, 1.54) is 6.20 Å². The summed E-state index contributed by atoms with van der Waals surface area (Å²) in [6, 6.07) is 9.56. The Morgan fingerprint density at radius 1 is 1.32 bits per heavy atom. The van der Waals surface area contributed by atoms with Crippen LogP contribution in [0.5, 0.6) is 5.75 Å². The number of aryl methyl sites for hydroxylation is 1. The fourth-order valence-corrected chi connectivity index (χ4v) is 3.35. The maximum Gasteiger partial charge on any atom is 0.253 e. The van der Waals surface area contributed by atoms with Crippen LogP contribution in [0.15, 0.2) is 36.5 Å². The van der Waals surface area contributed by atoms with E-state index in [1.54, 1.807) is 12.1 Å². The second kappa shape index (κ2) is 9.50. The molecule has 0 radical (unpaired) electrons. The van der Waals surface area contributed by atoms with Gasteiger partial charge in [-0.3, -0.25) is 9.69 Å². The first-order valence-corrected chi connectivity index (χ1v) is 9.58. The van der Waals surface area contributed by atoms with Gasteiger partial charge in [-0.2, -0.15) is 0 Å². The summed E-state index contributed by atoms with van der Waals surface area (Å²) in [6.07, 6.45) is 3.29. The Morgan fingerprint density at radius 3 is 2.79 bits per heavy atom. The first kappa shape index (κ1) is 20.1. The average Bonchev–Trinajstić information content (AvgIpc) is 2.70. The molecule has 1 aromatic heterocycles. The van der Waals surface area contributed by atoms with Crippen LogP contribution in [0.1, 0.15) is 34.3 Å². The second-order valence-corrected chi connectivity index (χ2v) is 7.13. The van der Waals surface area contributed by atoms with E-state index in [9.17, 15) is 9.18 Å². The van der Waals surface area contributed by atoms with E-state index < -0.39 is 6.67 Å². The normalized spacial score (nSPS) is 15.4. The van der Waals surface area contributed by atoms with Crippen molar-refractivity contribution in [3.63, 3.8) is 0 Å². The molecule has 1 saturated heterocycles. The molecule has 1 aliphatic heterocycles. The highest BCUT2D eigenvalue weighted by atomic mass is 19.1. The summed E-state index contributed by atoms with van der Waals surface area (Å²) in [7, 11) is 0. The number of anilines is 1. The lowest BCUT2D eigenvalue weighted by atomic mass is 10.0. The van der Waals surface area contributed by atoms with Crippen LogP contribution in [0, 0.1) is 6.92 Å². The zero-order chi connectivity index (χ0) is 19.9. The van der Waals surface area contributed by atoms with E-state index in [-0.39, 0.29) is 18.6 Å². The molecule has 1 fully saturated rings. The quantitative estimate of drug-likeness (QED) is 0.765. The van der Waals surface area contributed by atoms with Crippen molar-refractivity contribution < 1.29 is 13.9 Å². The molecule has 0 bridgehead atoms. The minimum absolute atomic E-state index is 0.0823. The number of amides is 1. The molecule has 0 aliphatic carbocycles. The predicted octanol–water partition coefficient (Wildman–Crippen LogP) is 2.71. The Bertz CT molecular complexity index is 789. The number of aromatic nitrogens is 1. The number of nitrogen functional groups attached to an aromatic ring is 1. The van der Waals surface area contributed by atoms with Crippen LogP contribution in [0.2, 0.25) is 0 Å². The molecule has 2 aromatic rings. The Morgan fingerprint density at radius 2 is 2.11 bits per heavy atom. The van der Waals surface area contributed by atoms with Gasteiger partial charge in [-0.05, 0) is 49.1 Å². The molecule has 7 heteroatoms. The smallest absolute Gasteiger partial charge is 0.253 e. The Hall–Kier alpha value is -2.67. The second-order valence-electron chi connectivity index (χ2n) is 7.13. The van der Waals surface area contributed by atoms with Gasteiger partial charge >= 0.3 is 0 Å². The number of carbonyl (C=O) groups is 1. The van der Waals surface area contributed by atoms with Gasteiger partial charge in [0.1, 0.15) is 24.8 Å². The van der Waals surface area contributed by atoms with Crippen LogP contribution >= 0.6 is 0 Å². The van der Waals surface area contributed by atoms with Crippen LogP contribution in [-0.2, 0) is 6.54 Å². The highest BCUT2D eigenvalue weighted by Crippen LogP contribution is 2.22. The Balaban J connectivity index is 1.49. The number of piperidine rings is 1. The highest BCUT2D eigenvalue weighted by Gasteiger charge is 2.21.